The van der Waals surface area contributed by atoms with Crippen LogP contribution in [0, 0.1) is 11.8 Å². The number of hydrogen-bond acceptors (Lipinski definition) is 0. The molecule has 15 heavy (non-hydrogen) atoms. The standard InChI is InChI=1S/C15H24/c1-11(2)13(5)9-14-7-6-8-15(10-14)12(3)4/h6-8,10-13H,9H2,1-5H3. The predicted octanol–water partition coefficient (Wildman–Crippen LogP) is 4.64. The van der Waals surface area contributed by atoms with Gasteiger partial charge in [-0.05, 0) is 35.3 Å². The molecule has 0 bridgehead atoms. The second-order valence-corrected chi connectivity index (χ2v) is 5.33. The summed E-state index contributed by atoms with van der Waals surface area (Å²) in [6, 6.07) is 9.04. The smallest absolute Gasteiger partial charge is 0.0219 e. The lowest BCUT2D eigenvalue weighted by Crippen LogP contribution is -2.07. The van der Waals surface area contributed by atoms with E-state index < -0.39 is 0 Å². The Morgan fingerprint density at radius 3 is 2.20 bits per heavy atom. The van der Waals surface area contributed by atoms with E-state index in [0.29, 0.717) is 5.92 Å². The Morgan fingerprint density at radius 1 is 1.00 bits per heavy atom. The molecule has 0 aliphatic rings. The molecule has 0 saturated heterocycles. The van der Waals surface area contributed by atoms with Crippen LogP contribution in [0.25, 0.3) is 0 Å². The molecular weight excluding hydrogens is 180 g/mol. The van der Waals surface area contributed by atoms with E-state index in [0.717, 1.165) is 11.8 Å². The zero-order valence-corrected chi connectivity index (χ0v) is 10.7. The maximum absolute atomic E-state index is 2.36. The van der Waals surface area contributed by atoms with Crippen LogP contribution >= 0.6 is 0 Å². The normalized spacial score (nSPS) is 13.5. The molecule has 0 amide bonds. The quantitative estimate of drug-likeness (QED) is 0.670. The van der Waals surface area contributed by atoms with E-state index in [-0.39, 0.29) is 0 Å². The average molecular weight is 204 g/mol. The summed E-state index contributed by atoms with van der Waals surface area (Å²) in [5.41, 5.74) is 2.95. The Bertz CT molecular complexity index is 297. The van der Waals surface area contributed by atoms with Crippen molar-refractivity contribution < 1.29 is 0 Å². The number of hydrogen-bond donors (Lipinski definition) is 0. The van der Waals surface area contributed by atoms with E-state index in [1.807, 2.05) is 0 Å². The highest BCUT2D eigenvalue weighted by atomic mass is 14.1. The van der Waals surface area contributed by atoms with Crippen molar-refractivity contribution in [1.82, 2.24) is 0 Å². The highest BCUT2D eigenvalue weighted by Crippen LogP contribution is 2.20. The maximum atomic E-state index is 2.36. The Kier molecular flexibility index (Phi) is 4.38. The summed E-state index contributed by atoms with van der Waals surface area (Å²) in [6.07, 6.45) is 1.21. The van der Waals surface area contributed by atoms with Crippen LogP contribution in [0.2, 0.25) is 0 Å². The second-order valence-electron chi connectivity index (χ2n) is 5.33. The molecule has 0 aliphatic heterocycles. The lowest BCUT2D eigenvalue weighted by atomic mass is 9.89. The van der Waals surface area contributed by atoms with Gasteiger partial charge in [-0.15, -0.1) is 0 Å². The molecule has 1 rings (SSSR count). The molecule has 1 aromatic carbocycles. The van der Waals surface area contributed by atoms with Gasteiger partial charge < -0.3 is 0 Å². The van der Waals surface area contributed by atoms with Crippen LogP contribution in [0.5, 0.6) is 0 Å². The van der Waals surface area contributed by atoms with Crippen LogP contribution in [0.3, 0.4) is 0 Å². The first-order valence-corrected chi connectivity index (χ1v) is 6.09. The first-order valence-electron chi connectivity index (χ1n) is 6.09. The number of benzene rings is 1. The van der Waals surface area contributed by atoms with Gasteiger partial charge in [-0.1, -0.05) is 58.9 Å². The largest absolute Gasteiger partial charge is 0.0625 e. The van der Waals surface area contributed by atoms with Gasteiger partial charge in [0.05, 0.1) is 0 Å². The molecular formula is C15H24. The molecule has 0 heteroatoms. The predicted molar refractivity (Wildman–Crippen MR) is 68.2 cm³/mol. The van der Waals surface area contributed by atoms with E-state index in [9.17, 15) is 0 Å². The summed E-state index contributed by atoms with van der Waals surface area (Å²) in [5, 5.41) is 0. The molecule has 0 N–H and O–H groups in total. The summed E-state index contributed by atoms with van der Waals surface area (Å²) >= 11 is 0. The molecule has 0 spiro atoms. The van der Waals surface area contributed by atoms with Gasteiger partial charge in [0.2, 0.25) is 0 Å². The monoisotopic (exact) mass is 204 g/mol. The van der Waals surface area contributed by atoms with Crippen LogP contribution in [0.15, 0.2) is 24.3 Å². The van der Waals surface area contributed by atoms with Crippen molar-refractivity contribution in [2.45, 2.75) is 47.0 Å². The fourth-order valence-corrected chi connectivity index (χ4v) is 1.69. The van der Waals surface area contributed by atoms with E-state index in [1.165, 1.54) is 17.5 Å². The zero-order chi connectivity index (χ0) is 11.4. The zero-order valence-electron chi connectivity index (χ0n) is 10.7. The summed E-state index contributed by atoms with van der Waals surface area (Å²) in [6.45, 7) is 11.5. The SMILES string of the molecule is CC(C)c1cccc(CC(C)C(C)C)c1. The van der Waals surface area contributed by atoms with Gasteiger partial charge in [-0.2, -0.15) is 0 Å². The Morgan fingerprint density at radius 2 is 1.67 bits per heavy atom. The fourth-order valence-electron chi connectivity index (χ4n) is 1.69. The second kappa shape index (κ2) is 5.34. The fraction of sp³-hybridized carbons (Fsp3) is 0.600. The van der Waals surface area contributed by atoms with Crippen molar-refractivity contribution in [3.05, 3.63) is 35.4 Å². The minimum absolute atomic E-state index is 0.638. The van der Waals surface area contributed by atoms with Crippen molar-refractivity contribution in [3.63, 3.8) is 0 Å². The van der Waals surface area contributed by atoms with E-state index in [4.69, 9.17) is 0 Å². The van der Waals surface area contributed by atoms with Crippen LogP contribution < -0.4 is 0 Å². The lowest BCUT2D eigenvalue weighted by molar-refractivity contribution is 0.417. The van der Waals surface area contributed by atoms with Crippen molar-refractivity contribution in [3.8, 4) is 0 Å². The topological polar surface area (TPSA) is 0 Å². The van der Waals surface area contributed by atoms with Gasteiger partial charge in [0.15, 0.2) is 0 Å². The Balaban J connectivity index is 2.73. The maximum Gasteiger partial charge on any atom is -0.0219 e. The molecule has 0 nitrogen and oxygen atoms in total. The Hall–Kier alpha value is -0.780. The molecule has 0 aromatic heterocycles. The highest BCUT2D eigenvalue weighted by molar-refractivity contribution is 5.26. The first kappa shape index (κ1) is 12.3. The number of rotatable bonds is 4. The minimum Gasteiger partial charge on any atom is -0.0625 e. The summed E-state index contributed by atoms with van der Waals surface area (Å²) in [4.78, 5) is 0. The Labute approximate surface area is 94.7 Å². The lowest BCUT2D eigenvalue weighted by Gasteiger charge is -2.16. The van der Waals surface area contributed by atoms with E-state index >= 15 is 0 Å². The van der Waals surface area contributed by atoms with E-state index in [1.54, 1.807) is 0 Å². The van der Waals surface area contributed by atoms with Crippen molar-refractivity contribution >= 4 is 0 Å². The molecule has 1 aromatic rings. The molecule has 0 saturated carbocycles. The molecule has 0 heterocycles. The van der Waals surface area contributed by atoms with Crippen LogP contribution in [-0.4, -0.2) is 0 Å². The molecule has 0 aliphatic carbocycles. The van der Waals surface area contributed by atoms with E-state index in [2.05, 4.69) is 58.9 Å². The molecule has 1 unspecified atom stereocenters. The summed E-state index contributed by atoms with van der Waals surface area (Å²) in [5.74, 6) is 2.18. The summed E-state index contributed by atoms with van der Waals surface area (Å²) < 4.78 is 0. The van der Waals surface area contributed by atoms with Gasteiger partial charge in [-0.25, -0.2) is 0 Å². The third-order valence-corrected chi connectivity index (χ3v) is 3.31. The van der Waals surface area contributed by atoms with Gasteiger partial charge in [0.25, 0.3) is 0 Å². The van der Waals surface area contributed by atoms with Crippen molar-refractivity contribution in [2.24, 2.45) is 11.8 Å². The molecule has 0 radical (unpaired) electrons. The summed E-state index contributed by atoms with van der Waals surface area (Å²) in [7, 11) is 0. The highest BCUT2D eigenvalue weighted by Gasteiger charge is 2.08. The van der Waals surface area contributed by atoms with Gasteiger partial charge >= 0.3 is 0 Å². The van der Waals surface area contributed by atoms with Gasteiger partial charge in [0.1, 0.15) is 0 Å². The average Bonchev–Trinajstić information content (AvgIpc) is 2.18. The van der Waals surface area contributed by atoms with Gasteiger partial charge in [0, 0.05) is 0 Å². The molecule has 1 atom stereocenters. The van der Waals surface area contributed by atoms with Crippen molar-refractivity contribution in [2.75, 3.05) is 0 Å². The molecule has 0 fully saturated rings. The first-order chi connectivity index (χ1) is 7.00. The van der Waals surface area contributed by atoms with Gasteiger partial charge in [-0.3, -0.25) is 0 Å². The third kappa shape index (κ3) is 3.70. The third-order valence-electron chi connectivity index (χ3n) is 3.31. The van der Waals surface area contributed by atoms with Crippen molar-refractivity contribution in [1.29, 1.82) is 0 Å². The van der Waals surface area contributed by atoms with Crippen LogP contribution in [-0.2, 0) is 6.42 Å². The molecule has 84 valence electrons. The van der Waals surface area contributed by atoms with Crippen LogP contribution in [0.1, 0.15) is 51.7 Å². The van der Waals surface area contributed by atoms with Crippen LogP contribution in [0.4, 0.5) is 0 Å². The minimum atomic E-state index is 0.638.